The summed E-state index contributed by atoms with van der Waals surface area (Å²) in [5.74, 6) is 0. The number of aromatic amines is 1. The molecule has 0 unspecified atom stereocenters. The van der Waals surface area contributed by atoms with Crippen molar-refractivity contribution in [3.05, 3.63) is 45.7 Å². The number of aromatic nitrogens is 1. The average molecular weight is 191 g/mol. The van der Waals surface area contributed by atoms with E-state index in [0.717, 1.165) is 10.4 Å². The van der Waals surface area contributed by atoms with E-state index in [2.05, 4.69) is 4.98 Å². The van der Waals surface area contributed by atoms with Crippen molar-refractivity contribution >= 4 is 11.3 Å². The molecule has 0 aliphatic heterocycles. The molecule has 1 aromatic heterocycles. The zero-order chi connectivity index (χ0) is 9.26. The number of hydrogen-bond donors (Lipinski definition) is 1. The van der Waals surface area contributed by atoms with Gasteiger partial charge in [0.2, 0.25) is 0 Å². The van der Waals surface area contributed by atoms with E-state index in [-0.39, 0.29) is 4.87 Å². The van der Waals surface area contributed by atoms with Crippen LogP contribution < -0.4 is 4.87 Å². The molecule has 1 aromatic carbocycles. The molecule has 1 N–H and O–H groups in total. The Kier molecular flexibility index (Phi) is 2.02. The first-order valence-corrected chi connectivity index (χ1v) is 4.83. The van der Waals surface area contributed by atoms with Crippen LogP contribution in [0.4, 0.5) is 0 Å². The minimum atomic E-state index is -0.00410. The molecule has 0 aliphatic carbocycles. The quantitative estimate of drug-likeness (QED) is 0.737. The topological polar surface area (TPSA) is 32.9 Å². The van der Waals surface area contributed by atoms with Gasteiger partial charge in [0, 0.05) is 6.20 Å². The van der Waals surface area contributed by atoms with E-state index in [1.165, 1.54) is 16.9 Å². The molecule has 0 amide bonds. The molecule has 0 aliphatic rings. The first-order chi connectivity index (χ1) is 6.25. The van der Waals surface area contributed by atoms with Gasteiger partial charge in [0.25, 0.3) is 0 Å². The number of thiazole rings is 1. The van der Waals surface area contributed by atoms with Crippen LogP contribution in [0.3, 0.4) is 0 Å². The molecule has 0 saturated carbocycles. The number of nitrogens with one attached hydrogen (secondary N) is 1. The molecule has 0 radical (unpaired) electrons. The van der Waals surface area contributed by atoms with Crippen LogP contribution in [0.15, 0.2) is 35.3 Å². The van der Waals surface area contributed by atoms with E-state index in [1.54, 1.807) is 6.20 Å². The lowest BCUT2D eigenvalue weighted by molar-refractivity contribution is 1.34. The predicted octanol–water partition coefficient (Wildman–Crippen LogP) is 2.41. The van der Waals surface area contributed by atoms with Gasteiger partial charge in [0.15, 0.2) is 0 Å². The maximum atomic E-state index is 10.9. The second-order valence-corrected chi connectivity index (χ2v) is 3.92. The second kappa shape index (κ2) is 3.18. The molecule has 66 valence electrons. The molecular weight excluding hydrogens is 182 g/mol. The van der Waals surface area contributed by atoms with Crippen LogP contribution >= 0.6 is 11.3 Å². The zero-order valence-electron chi connectivity index (χ0n) is 7.20. The lowest BCUT2D eigenvalue weighted by Gasteiger charge is -1.95. The van der Waals surface area contributed by atoms with Crippen molar-refractivity contribution in [2.45, 2.75) is 6.92 Å². The summed E-state index contributed by atoms with van der Waals surface area (Å²) in [4.78, 5) is 14.5. The van der Waals surface area contributed by atoms with Crippen LogP contribution in [0, 0.1) is 6.92 Å². The molecular formula is C10H9NOS. The third-order valence-corrected chi connectivity index (χ3v) is 2.74. The lowest BCUT2D eigenvalue weighted by Crippen LogP contribution is -1.88. The van der Waals surface area contributed by atoms with Crippen molar-refractivity contribution in [1.29, 1.82) is 0 Å². The fourth-order valence-electron chi connectivity index (χ4n) is 1.14. The van der Waals surface area contributed by atoms with Gasteiger partial charge in [0.05, 0.1) is 4.88 Å². The van der Waals surface area contributed by atoms with Crippen LogP contribution in [0.25, 0.3) is 10.4 Å². The SMILES string of the molecule is Cc1ccc(-c2c[nH]c(=O)s2)cc1. The van der Waals surface area contributed by atoms with Gasteiger partial charge in [-0.1, -0.05) is 41.2 Å². The minimum absolute atomic E-state index is 0.00410. The number of rotatable bonds is 1. The highest BCUT2D eigenvalue weighted by Gasteiger charge is 1.99. The number of hydrogen-bond acceptors (Lipinski definition) is 2. The fourth-order valence-corrected chi connectivity index (χ4v) is 1.83. The number of H-pyrrole nitrogens is 1. The van der Waals surface area contributed by atoms with Crippen LogP contribution in [0.5, 0.6) is 0 Å². The maximum Gasteiger partial charge on any atom is 0.305 e. The van der Waals surface area contributed by atoms with E-state index in [0.29, 0.717) is 0 Å². The zero-order valence-corrected chi connectivity index (χ0v) is 8.02. The van der Waals surface area contributed by atoms with E-state index in [4.69, 9.17) is 0 Å². The molecule has 0 fully saturated rings. The first-order valence-electron chi connectivity index (χ1n) is 4.01. The highest BCUT2D eigenvalue weighted by molar-refractivity contribution is 7.12. The third kappa shape index (κ3) is 1.70. The summed E-state index contributed by atoms with van der Waals surface area (Å²) in [5.41, 5.74) is 2.32. The van der Waals surface area contributed by atoms with Gasteiger partial charge in [-0.15, -0.1) is 0 Å². The monoisotopic (exact) mass is 191 g/mol. The summed E-state index contributed by atoms with van der Waals surface area (Å²) < 4.78 is 0. The van der Waals surface area contributed by atoms with Crippen molar-refractivity contribution in [2.75, 3.05) is 0 Å². The van der Waals surface area contributed by atoms with Gasteiger partial charge < -0.3 is 4.98 Å². The summed E-state index contributed by atoms with van der Waals surface area (Å²) in [6, 6.07) is 8.13. The molecule has 1 heterocycles. The van der Waals surface area contributed by atoms with Gasteiger partial charge in [0.1, 0.15) is 0 Å². The molecule has 0 spiro atoms. The smallest absolute Gasteiger partial charge is 0.305 e. The van der Waals surface area contributed by atoms with Crippen molar-refractivity contribution in [1.82, 2.24) is 4.98 Å². The van der Waals surface area contributed by atoms with Gasteiger partial charge in [-0.2, -0.15) is 0 Å². The molecule has 2 aromatic rings. The molecule has 2 nitrogen and oxygen atoms in total. The molecule has 0 bridgehead atoms. The average Bonchev–Trinajstić information content (AvgIpc) is 2.53. The summed E-state index contributed by atoms with van der Waals surface area (Å²) in [6.45, 7) is 2.04. The highest BCUT2D eigenvalue weighted by Crippen LogP contribution is 2.20. The standard InChI is InChI=1S/C10H9NOS/c1-7-2-4-8(5-3-7)9-6-11-10(12)13-9/h2-6H,1H3,(H,11,12). The Hall–Kier alpha value is -1.35. The molecule has 0 atom stereocenters. The van der Waals surface area contributed by atoms with Crippen LogP contribution in [0.1, 0.15) is 5.56 Å². The molecule has 13 heavy (non-hydrogen) atoms. The first kappa shape index (κ1) is 8.26. The minimum Gasteiger partial charge on any atom is -0.319 e. The Morgan fingerprint density at radius 1 is 1.23 bits per heavy atom. The Labute approximate surface area is 79.9 Å². The predicted molar refractivity (Wildman–Crippen MR) is 55.1 cm³/mol. The maximum absolute atomic E-state index is 10.9. The fraction of sp³-hybridized carbons (Fsp3) is 0.100. The van der Waals surface area contributed by atoms with Crippen molar-refractivity contribution in [2.24, 2.45) is 0 Å². The Bertz CT molecular complexity index is 452. The van der Waals surface area contributed by atoms with E-state index in [9.17, 15) is 4.79 Å². The summed E-state index contributed by atoms with van der Waals surface area (Å²) in [7, 11) is 0. The Balaban J connectivity index is 2.47. The van der Waals surface area contributed by atoms with Gasteiger partial charge in [-0.3, -0.25) is 4.79 Å². The molecule has 0 saturated heterocycles. The van der Waals surface area contributed by atoms with Gasteiger partial charge in [-0.05, 0) is 12.5 Å². The Morgan fingerprint density at radius 3 is 2.46 bits per heavy atom. The molecule has 2 rings (SSSR count). The van der Waals surface area contributed by atoms with Crippen molar-refractivity contribution in [3.63, 3.8) is 0 Å². The second-order valence-electron chi connectivity index (χ2n) is 2.91. The normalized spacial score (nSPS) is 10.2. The lowest BCUT2D eigenvalue weighted by atomic mass is 10.1. The van der Waals surface area contributed by atoms with E-state index < -0.39 is 0 Å². The highest BCUT2D eigenvalue weighted by atomic mass is 32.1. The van der Waals surface area contributed by atoms with E-state index in [1.807, 2.05) is 31.2 Å². The van der Waals surface area contributed by atoms with Crippen molar-refractivity contribution in [3.8, 4) is 10.4 Å². The number of aryl methyl sites for hydroxylation is 1. The van der Waals surface area contributed by atoms with Crippen LogP contribution in [-0.2, 0) is 0 Å². The summed E-state index contributed by atoms with van der Waals surface area (Å²) in [6.07, 6.45) is 1.75. The largest absolute Gasteiger partial charge is 0.319 e. The van der Waals surface area contributed by atoms with Crippen LogP contribution in [-0.4, -0.2) is 4.98 Å². The number of benzene rings is 1. The van der Waals surface area contributed by atoms with Gasteiger partial charge >= 0.3 is 4.87 Å². The van der Waals surface area contributed by atoms with Gasteiger partial charge in [-0.25, -0.2) is 0 Å². The summed E-state index contributed by atoms with van der Waals surface area (Å²) >= 11 is 1.24. The third-order valence-electron chi connectivity index (χ3n) is 1.86. The van der Waals surface area contributed by atoms with Crippen molar-refractivity contribution < 1.29 is 0 Å². The Morgan fingerprint density at radius 2 is 1.92 bits per heavy atom. The van der Waals surface area contributed by atoms with E-state index >= 15 is 0 Å². The summed E-state index contributed by atoms with van der Waals surface area (Å²) in [5, 5.41) is 0. The van der Waals surface area contributed by atoms with Crippen LogP contribution in [0.2, 0.25) is 0 Å². The molecule has 3 heteroatoms.